The number of benzene rings is 2. The van der Waals surface area contributed by atoms with Crippen molar-refractivity contribution < 1.29 is 13.6 Å². The number of halogens is 1. The minimum absolute atomic E-state index is 0.0488. The highest BCUT2D eigenvalue weighted by molar-refractivity contribution is 5.76. The smallest absolute Gasteiger partial charge is 0.223 e. The molecule has 2 aromatic carbocycles. The molecule has 5 nitrogen and oxygen atoms in total. The van der Waals surface area contributed by atoms with Crippen molar-refractivity contribution in [3.05, 3.63) is 72.0 Å². The van der Waals surface area contributed by atoms with Crippen LogP contribution >= 0.6 is 0 Å². The molecule has 4 rings (SSSR count). The zero-order chi connectivity index (χ0) is 20.9. The highest BCUT2D eigenvalue weighted by Gasteiger charge is 2.18. The summed E-state index contributed by atoms with van der Waals surface area (Å²) >= 11 is 0. The molecule has 1 aliphatic rings. The SMILES string of the molecule is CN(Cc1ccccc1N1CCCC1)C(=O)CCc1ncc(-c2ccc(F)cc2)o1. The first-order valence-electron chi connectivity index (χ1n) is 10.4. The second-order valence-electron chi connectivity index (χ2n) is 7.70. The van der Waals surface area contributed by atoms with Gasteiger partial charge in [0, 0.05) is 50.8 Å². The van der Waals surface area contributed by atoms with Crippen molar-refractivity contribution in [2.24, 2.45) is 0 Å². The lowest BCUT2D eigenvalue weighted by atomic mass is 10.1. The summed E-state index contributed by atoms with van der Waals surface area (Å²) in [7, 11) is 1.84. The van der Waals surface area contributed by atoms with Gasteiger partial charge in [0.2, 0.25) is 5.91 Å². The number of rotatable bonds is 7. The molecule has 3 aromatic rings. The maximum Gasteiger partial charge on any atom is 0.223 e. The summed E-state index contributed by atoms with van der Waals surface area (Å²) in [6, 6.07) is 14.4. The molecule has 0 saturated carbocycles. The number of amides is 1. The maximum absolute atomic E-state index is 13.1. The Bertz CT molecular complexity index is 994. The van der Waals surface area contributed by atoms with E-state index in [0.29, 0.717) is 31.0 Å². The Kier molecular flexibility index (Phi) is 6.12. The van der Waals surface area contributed by atoms with Gasteiger partial charge in [-0.2, -0.15) is 0 Å². The lowest BCUT2D eigenvalue weighted by Crippen LogP contribution is -2.28. The quantitative estimate of drug-likeness (QED) is 0.571. The molecule has 0 N–H and O–H groups in total. The summed E-state index contributed by atoms with van der Waals surface area (Å²) in [4.78, 5) is 21.1. The van der Waals surface area contributed by atoms with Gasteiger partial charge in [-0.15, -0.1) is 0 Å². The number of carbonyl (C=O) groups excluding carboxylic acids is 1. The van der Waals surface area contributed by atoms with E-state index in [0.717, 1.165) is 18.7 Å². The molecule has 0 aliphatic carbocycles. The van der Waals surface area contributed by atoms with Crippen LogP contribution in [0.2, 0.25) is 0 Å². The molecule has 1 aliphatic heterocycles. The van der Waals surface area contributed by atoms with Crippen LogP contribution in [0.1, 0.15) is 30.7 Å². The van der Waals surface area contributed by atoms with Crippen LogP contribution in [0.4, 0.5) is 10.1 Å². The number of oxazole rings is 1. The Hall–Kier alpha value is -3.15. The van der Waals surface area contributed by atoms with Crippen molar-refractivity contribution in [2.45, 2.75) is 32.2 Å². The van der Waals surface area contributed by atoms with Crippen LogP contribution in [0, 0.1) is 5.82 Å². The van der Waals surface area contributed by atoms with Crippen LogP contribution in [-0.2, 0) is 17.8 Å². The predicted molar refractivity (Wildman–Crippen MR) is 115 cm³/mol. The van der Waals surface area contributed by atoms with Crippen molar-refractivity contribution in [3.8, 4) is 11.3 Å². The van der Waals surface area contributed by atoms with Gasteiger partial charge in [0.05, 0.1) is 6.20 Å². The van der Waals surface area contributed by atoms with Crippen LogP contribution in [0.15, 0.2) is 59.1 Å². The van der Waals surface area contributed by atoms with Gasteiger partial charge in [-0.25, -0.2) is 9.37 Å². The number of anilines is 1. The normalized spacial score (nSPS) is 13.6. The van der Waals surface area contributed by atoms with Gasteiger partial charge in [-0.1, -0.05) is 18.2 Å². The fourth-order valence-electron chi connectivity index (χ4n) is 3.83. The summed E-state index contributed by atoms with van der Waals surface area (Å²) in [6.07, 6.45) is 4.81. The summed E-state index contributed by atoms with van der Waals surface area (Å²) in [5.41, 5.74) is 3.16. The van der Waals surface area contributed by atoms with Crippen molar-refractivity contribution >= 4 is 11.6 Å². The number of hydrogen-bond donors (Lipinski definition) is 0. The van der Waals surface area contributed by atoms with Crippen LogP contribution in [0.3, 0.4) is 0 Å². The van der Waals surface area contributed by atoms with Gasteiger partial charge in [-0.3, -0.25) is 4.79 Å². The molecule has 2 heterocycles. The van der Waals surface area contributed by atoms with E-state index < -0.39 is 0 Å². The average Bonchev–Trinajstić information content (AvgIpc) is 3.45. The molecule has 1 fully saturated rings. The Morgan fingerprint density at radius 3 is 2.63 bits per heavy atom. The fourth-order valence-corrected chi connectivity index (χ4v) is 3.83. The molecule has 0 atom stereocenters. The number of nitrogens with zero attached hydrogens (tertiary/aromatic N) is 3. The van der Waals surface area contributed by atoms with Crippen molar-refractivity contribution in [3.63, 3.8) is 0 Å². The molecule has 0 spiro atoms. The second kappa shape index (κ2) is 9.11. The summed E-state index contributed by atoms with van der Waals surface area (Å²) < 4.78 is 18.8. The number of aromatic nitrogens is 1. The van der Waals surface area contributed by atoms with Crippen LogP contribution < -0.4 is 4.90 Å². The zero-order valence-electron chi connectivity index (χ0n) is 17.2. The summed E-state index contributed by atoms with van der Waals surface area (Å²) in [5.74, 6) is 0.838. The monoisotopic (exact) mass is 407 g/mol. The van der Waals surface area contributed by atoms with Gasteiger partial charge < -0.3 is 14.2 Å². The minimum atomic E-state index is -0.293. The largest absolute Gasteiger partial charge is 0.441 e. The lowest BCUT2D eigenvalue weighted by molar-refractivity contribution is -0.130. The van der Waals surface area contributed by atoms with E-state index >= 15 is 0 Å². The Balaban J connectivity index is 1.34. The Morgan fingerprint density at radius 1 is 1.13 bits per heavy atom. The first-order valence-corrected chi connectivity index (χ1v) is 10.4. The van der Waals surface area contributed by atoms with Gasteiger partial charge in [0.15, 0.2) is 11.7 Å². The Labute approximate surface area is 176 Å². The van der Waals surface area contributed by atoms with Gasteiger partial charge in [0.25, 0.3) is 0 Å². The molecular weight excluding hydrogens is 381 g/mol. The molecule has 0 radical (unpaired) electrons. The van der Waals surface area contributed by atoms with E-state index in [4.69, 9.17) is 4.42 Å². The maximum atomic E-state index is 13.1. The van der Waals surface area contributed by atoms with Crippen LogP contribution in [-0.4, -0.2) is 35.9 Å². The van der Waals surface area contributed by atoms with Gasteiger partial charge in [-0.05, 0) is 48.7 Å². The number of carbonyl (C=O) groups is 1. The van der Waals surface area contributed by atoms with Crippen LogP contribution in [0.25, 0.3) is 11.3 Å². The van der Waals surface area contributed by atoms with Gasteiger partial charge >= 0.3 is 0 Å². The average molecular weight is 407 g/mol. The molecule has 0 bridgehead atoms. The van der Waals surface area contributed by atoms with Gasteiger partial charge in [0.1, 0.15) is 5.82 Å². The highest BCUT2D eigenvalue weighted by atomic mass is 19.1. The molecule has 1 aromatic heterocycles. The summed E-state index contributed by atoms with van der Waals surface area (Å²) in [5, 5.41) is 0. The van der Waals surface area contributed by atoms with Crippen LogP contribution in [0.5, 0.6) is 0 Å². The van der Waals surface area contributed by atoms with Crippen molar-refractivity contribution in [2.75, 3.05) is 25.0 Å². The minimum Gasteiger partial charge on any atom is -0.441 e. The lowest BCUT2D eigenvalue weighted by Gasteiger charge is -2.24. The standard InChI is InChI=1S/C24H26FN3O2/c1-27(17-19-6-2-3-7-21(19)28-14-4-5-15-28)24(29)13-12-23-26-16-22(30-23)18-8-10-20(25)11-9-18/h2-3,6-11,16H,4-5,12-15,17H2,1H3. The molecular formula is C24H26FN3O2. The number of hydrogen-bond acceptors (Lipinski definition) is 4. The first-order chi connectivity index (χ1) is 14.6. The molecule has 30 heavy (non-hydrogen) atoms. The third-order valence-corrected chi connectivity index (χ3v) is 5.51. The number of aryl methyl sites for hydroxylation is 1. The summed E-state index contributed by atoms with van der Waals surface area (Å²) in [6.45, 7) is 2.74. The molecule has 1 saturated heterocycles. The third kappa shape index (κ3) is 4.70. The van der Waals surface area contributed by atoms with E-state index in [-0.39, 0.29) is 11.7 Å². The van der Waals surface area contributed by atoms with E-state index in [9.17, 15) is 9.18 Å². The molecule has 1 amide bonds. The van der Waals surface area contributed by atoms with E-state index in [1.165, 1.54) is 36.2 Å². The zero-order valence-corrected chi connectivity index (χ0v) is 17.2. The fraction of sp³-hybridized carbons (Fsp3) is 0.333. The van der Waals surface area contributed by atoms with E-state index in [1.54, 1.807) is 23.2 Å². The molecule has 6 heteroatoms. The second-order valence-corrected chi connectivity index (χ2v) is 7.70. The van der Waals surface area contributed by atoms with E-state index in [1.807, 2.05) is 13.1 Å². The third-order valence-electron chi connectivity index (χ3n) is 5.51. The molecule has 0 unspecified atom stereocenters. The van der Waals surface area contributed by atoms with E-state index in [2.05, 4.69) is 28.1 Å². The first kappa shape index (κ1) is 20.1. The predicted octanol–water partition coefficient (Wildman–Crippen LogP) is 4.67. The van der Waals surface area contributed by atoms with Crippen molar-refractivity contribution in [1.82, 2.24) is 9.88 Å². The Morgan fingerprint density at radius 2 is 1.87 bits per heavy atom. The van der Waals surface area contributed by atoms with Crippen molar-refractivity contribution in [1.29, 1.82) is 0 Å². The topological polar surface area (TPSA) is 49.6 Å². The number of para-hydroxylation sites is 1. The highest BCUT2D eigenvalue weighted by Crippen LogP contribution is 2.26. The molecule has 156 valence electrons.